The van der Waals surface area contributed by atoms with Crippen LogP contribution in [0.15, 0.2) is 24.4 Å². The normalized spacial score (nSPS) is 17.8. The Kier molecular flexibility index (Phi) is 3.55. The number of hydrogen-bond donors (Lipinski definition) is 1. The number of rotatable bonds is 2. The molecule has 3 heteroatoms. The zero-order valence-corrected chi connectivity index (χ0v) is 12.8. The molecule has 1 saturated heterocycles. The first-order chi connectivity index (χ1) is 9.55. The van der Waals surface area contributed by atoms with E-state index in [1.165, 1.54) is 23.9 Å². The van der Waals surface area contributed by atoms with Crippen molar-refractivity contribution in [2.24, 2.45) is 5.92 Å². The monoisotopic (exact) mass is 271 g/mol. The first-order valence-corrected chi connectivity index (χ1v) is 7.71. The van der Waals surface area contributed by atoms with Crippen molar-refractivity contribution in [2.45, 2.75) is 45.6 Å². The maximum absolute atomic E-state index is 4.63. The molecule has 0 atom stereocenters. The summed E-state index contributed by atoms with van der Waals surface area (Å²) >= 11 is 0. The van der Waals surface area contributed by atoms with Gasteiger partial charge in [0.05, 0.1) is 0 Å². The van der Waals surface area contributed by atoms with Crippen LogP contribution in [0.1, 0.15) is 39.3 Å². The average Bonchev–Trinajstić information content (AvgIpc) is 2.79. The van der Waals surface area contributed by atoms with E-state index >= 15 is 0 Å². The molecule has 3 nitrogen and oxygen atoms in total. The maximum atomic E-state index is 4.63. The SMILES string of the molecule is CC(C)(C)c1cc2cccnc2n1CC1CCNCC1. The third-order valence-electron chi connectivity index (χ3n) is 4.32. The van der Waals surface area contributed by atoms with E-state index in [0.29, 0.717) is 0 Å². The van der Waals surface area contributed by atoms with Crippen molar-refractivity contribution >= 4 is 11.0 Å². The highest BCUT2D eigenvalue weighted by molar-refractivity contribution is 5.77. The van der Waals surface area contributed by atoms with Crippen molar-refractivity contribution in [3.63, 3.8) is 0 Å². The first kappa shape index (κ1) is 13.6. The van der Waals surface area contributed by atoms with Crippen LogP contribution < -0.4 is 5.32 Å². The molecule has 2 aromatic rings. The Labute approximate surface area is 121 Å². The zero-order chi connectivity index (χ0) is 14.2. The van der Waals surface area contributed by atoms with Crippen LogP contribution in [-0.2, 0) is 12.0 Å². The van der Waals surface area contributed by atoms with E-state index in [9.17, 15) is 0 Å². The Bertz CT molecular complexity index is 586. The van der Waals surface area contributed by atoms with Gasteiger partial charge in [0.1, 0.15) is 5.65 Å². The molecule has 0 bridgehead atoms. The summed E-state index contributed by atoms with van der Waals surface area (Å²) in [5, 5.41) is 4.72. The molecule has 20 heavy (non-hydrogen) atoms. The minimum Gasteiger partial charge on any atom is -0.329 e. The van der Waals surface area contributed by atoms with Crippen molar-refractivity contribution in [1.82, 2.24) is 14.9 Å². The predicted molar refractivity (Wildman–Crippen MR) is 84.0 cm³/mol. The number of piperidine rings is 1. The minimum atomic E-state index is 0.160. The molecule has 3 rings (SSSR count). The Hall–Kier alpha value is -1.35. The van der Waals surface area contributed by atoms with Crippen LogP contribution in [0.2, 0.25) is 0 Å². The second kappa shape index (κ2) is 5.21. The summed E-state index contributed by atoms with van der Waals surface area (Å²) in [6.45, 7) is 10.3. The lowest BCUT2D eigenvalue weighted by molar-refractivity contribution is 0.327. The van der Waals surface area contributed by atoms with Gasteiger partial charge in [0.15, 0.2) is 0 Å². The maximum Gasteiger partial charge on any atom is 0.140 e. The summed E-state index contributed by atoms with van der Waals surface area (Å²) in [5.41, 5.74) is 2.72. The van der Waals surface area contributed by atoms with Crippen molar-refractivity contribution in [3.05, 3.63) is 30.1 Å². The van der Waals surface area contributed by atoms with Gasteiger partial charge < -0.3 is 9.88 Å². The van der Waals surface area contributed by atoms with Crippen LogP contribution in [0.25, 0.3) is 11.0 Å². The Morgan fingerprint density at radius 3 is 2.75 bits per heavy atom. The van der Waals surface area contributed by atoms with E-state index in [-0.39, 0.29) is 5.41 Å². The summed E-state index contributed by atoms with van der Waals surface area (Å²) in [6, 6.07) is 6.53. The number of pyridine rings is 1. The predicted octanol–water partition coefficient (Wildman–Crippen LogP) is 3.33. The molecule has 0 amide bonds. The summed E-state index contributed by atoms with van der Waals surface area (Å²) in [4.78, 5) is 4.63. The second-order valence-corrected chi connectivity index (χ2v) is 7.00. The van der Waals surface area contributed by atoms with E-state index in [4.69, 9.17) is 0 Å². The van der Waals surface area contributed by atoms with Gasteiger partial charge in [-0.25, -0.2) is 4.98 Å². The smallest absolute Gasteiger partial charge is 0.140 e. The summed E-state index contributed by atoms with van der Waals surface area (Å²) < 4.78 is 2.46. The van der Waals surface area contributed by atoms with Crippen LogP contribution >= 0.6 is 0 Å². The van der Waals surface area contributed by atoms with Gasteiger partial charge in [-0.15, -0.1) is 0 Å². The highest BCUT2D eigenvalue weighted by Gasteiger charge is 2.23. The van der Waals surface area contributed by atoms with Crippen molar-refractivity contribution in [1.29, 1.82) is 0 Å². The molecule has 2 aromatic heterocycles. The van der Waals surface area contributed by atoms with Gasteiger partial charge >= 0.3 is 0 Å². The van der Waals surface area contributed by atoms with Gasteiger partial charge in [-0.05, 0) is 50.0 Å². The average molecular weight is 271 g/mol. The highest BCUT2D eigenvalue weighted by Crippen LogP contribution is 2.30. The van der Waals surface area contributed by atoms with Crippen molar-refractivity contribution in [3.8, 4) is 0 Å². The molecule has 0 radical (unpaired) electrons. The summed E-state index contributed by atoms with van der Waals surface area (Å²) in [7, 11) is 0. The fourth-order valence-electron chi connectivity index (χ4n) is 3.22. The molecule has 1 aliphatic rings. The van der Waals surface area contributed by atoms with Crippen LogP contribution in [0.5, 0.6) is 0 Å². The molecule has 1 N–H and O–H groups in total. The van der Waals surface area contributed by atoms with Crippen LogP contribution in [0.4, 0.5) is 0 Å². The number of hydrogen-bond acceptors (Lipinski definition) is 2. The number of nitrogens with zero attached hydrogens (tertiary/aromatic N) is 2. The molecule has 3 heterocycles. The molecule has 0 aromatic carbocycles. The van der Waals surface area contributed by atoms with Crippen LogP contribution in [-0.4, -0.2) is 22.6 Å². The van der Waals surface area contributed by atoms with E-state index in [1.807, 2.05) is 12.3 Å². The topological polar surface area (TPSA) is 29.9 Å². The largest absolute Gasteiger partial charge is 0.329 e. The third kappa shape index (κ3) is 2.59. The quantitative estimate of drug-likeness (QED) is 0.908. The number of fused-ring (bicyclic) bond motifs is 1. The summed E-state index contributed by atoms with van der Waals surface area (Å²) in [6.07, 6.45) is 4.46. The standard InChI is InChI=1S/C17H25N3/c1-17(2,3)15-11-14-5-4-8-19-16(14)20(15)12-13-6-9-18-10-7-13/h4-5,8,11,13,18H,6-7,9-10,12H2,1-3H3. The molecule has 0 unspecified atom stereocenters. The van der Waals surface area contributed by atoms with E-state index in [2.05, 4.69) is 47.8 Å². The van der Waals surface area contributed by atoms with Gasteiger partial charge in [0.2, 0.25) is 0 Å². The lowest BCUT2D eigenvalue weighted by Crippen LogP contribution is -2.31. The fraction of sp³-hybridized carbons (Fsp3) is 0.588. The molecule has 1 fully saturated rings. The molecule has 1 aliphatic heterocycles. The van der Waals surface area contributed by atoms with Gasteiger partial charge in [0, 0.05) is 29.2 Å². The number of aromatic nitrogens is 2. The molecule has 0 spiro atoms. The lowest BCUT2D eigenvalue weighted by atomic mass is 9.91. The minimum absolute atomic E-state index is 0.160. The van der Waals surface area contributed by atoms with Crippen LogP contribution in [0.3, 0.4) is 0 Å². The first-order valence-electron chi connectivity index (χ1n) is 7.71. The van der Waals surface area contributed by atoms with E-state index in [0.717, 1.165) is 31.2 Å². The van der Waals surface area contributed by atoms with E-state index < -0.39 is 0 Å². The molecular weight excluding hydrogens is 246 g/mol. The van der Waals surface area contributed by atoms with Crippen LogP contribution in [0, 0.1) is 5.92 Å². The highest BCUT2D eigenvalue weighted by atomic mass is 15.1. The van der Waals surface area contributed by atoms with Crippen molar-refractivity contribution in [2.75, 3.05) is 13.1 Å². The van der Waals surface area contributed by atoms with Gasteiger partial charge in [-0.2, -0.15) is 0 Å². The number of nitrogens with one attached hydrogen (secondary N) is 1. The van der Waals surface area contributed by atoms with Gasteiger partial charge in [0.25, 0.3) is 0 Å². The zero-order valence-electron chi connectivity index (χ0n) is 12.8. The summed E-state index contributed by atoms with van der Waals surface area (Å²) in [5.74, 6) is 0.773. The van der Waals surface area contributed by atoms with Crippen molar-refractivity contribution < 1.29 is 0 Å². The Morgan fingerprint density at radius 2 is 2.05 bits per heavy atom. The molecule has 0 saturated carbocycles. The van der Waals surface area contributed by atoms with E-state index in [1.54, 1.807) is 0 Å². The third-order valence-corrected chi connectivity index (χ3v) is 4.32. The fourth-order valence-corrected chi connectivity index (χ4v) is 3.22. The molecular formula is C17H25N3. The Balaban J connectivity index is 2.01. The second-order valence-electron chi connectivity index (χ2n) is 7.00. The lowest BCUT2D eigenvalue weighted by Gasteiger charge is -2.27. The Morgan fingerprint density at radius 1 is 1.30 bits per heavy atom. The van der Waals surface area contributed by atoms with Gasteiger partial charge in [-0.3, -0.25) is 0 Å². The van der Waals surface area contributed by atoms with Gasteiger partial charge in [-0.1, -0.05) is 20.8 Å². The molecule has 0 aliphatic carbocycles. The molecule has 108 valence electrons.